The molecule has 0 bridgehead atoms. The van der Waals surface area contributed by atoms with E-state index in [1.807, 2.05) is 27.0 Å². The molecule has 0 saturated heterocycles. The highest BCUT2D eigenvalue weighted by Crippen LogP contribution is 2.25. The summed E-state index contributed by atoms with van der Waals surface area (Å²) in [6.45, 7) is 4.88. The fourth-order valence-corrected chi connectivity index (χ4v) is 2.59. The largest absolute Gasteiger partial charge is 0.316 e. The summed E-state index contributed by atoms with van der Waals surface area (Å²) in [5.74, 6) is 0. The van der Waals surface area contributed by atoms with Gasteiger partial charge in [0.15, 0.2) is 5.16 Å². The van der Waals surface area contributed by atoms with Gasteiger partial charge in [-0.25, -0.2) is 9.97 Å². The van der Waals surface area contributed by atoms with E-state index in [0.29, 0.717) is 0 Å². The molecule has 1 aromatic carbocycles. The van der Waals surface area contributed by atoms with Crippen LogP contribution in [0.5, 0.6) is 0 Å². The van der Waals surface area contributed by atoms with E-state index in [2.05, 4.69) is 39.6 Å². The van der Waals surface area contributed by atoms with Crippen LogP contribution in [0, 0.1) is 13.8 Å². The predicted octanol–water partition coefficient (Wildman–Crippen LogP) is 2.96. The van der Waals surface area contributed by atoms with Gasteiger partial charge in [0.25, 0.3) is 0 Å². The summed E-state index contributed by atoms with van der Waals surface area (Å²) in [5, 5.41) is 3.95. The average Bonchev–Trinajstić information content (AvgIpc) is 2.31. The Morgan fingerprint density at radius 2 is 1.67 bits per heavy atom. The van der Waals surface area contributed by atoms with Crippen molar-refractivity contribution in [1.29, 1.82) is 0 Å². The summed E-state index contributed by atoms with van der Waals surface area (Å²) in [4.78, 5) is 10.0. The van der Waals surface area contributed by atoms with Crippen molar-refractivity contribution in [3.63, 3.8) is 0 Å². The smallest absolute Gasteiger partial charge is 0.192 e. The maximum absolute atomic E-state index is 4.43. The molecular formula is C14H17N3S. The van der Waals surface area contributed by atoms with Gasteiger partial charge in [0.05, 0.1) is 0 Å². The Morgan fingerprint density at radius 1 is 1.06 bits per heavy atom. The van der Waals surface area contributed by atoms with Crippen molar-refractivity contribution in [3.05, 3.63) is 47.3 Å². The summed E-state index contributed by atoms with van der Waals surface area (Å²) in [5.41, 5.74) is 3.30. The standard InChI is InChI=1S/C14H17N3S/c1-10-8-11(2)17-14(16-10)18-13-6-4-12(5-7-13)9-15-3/h4-8,15H,9H2,1-3H3. The van der Waals surface area contributed by atoms with Crippen LogP contribution in [0.1, 0.15) is 17.0 Å². The van der Waals surface area contributed by atoms with Gasteiger partial charge < -0.3 is 5.32 Å². The van der Waals surface area contributed by atoms with Crippen molar-refractivity contribution >= 4 is 11.8 Å². The number of nitrogens with zero attached hydrogens (tertiary/aromatic N) is 2. The Hall–Kier alpha value is -1.39. The fourth-order valence-electron chi connectivity index (χ4n) is 1.72. The van der Waals surface area contributed by atoms with Crippen molar-refractivity contribution in [2.45, 2.75) is 30.4 Å². The number of nitrogens with one attached hydrogen (secondary N) is 1. The Bertz CT molecular complexity index is 503. The molecule has 0 fully saturated rings. The molecular weight excluding hydrogens is 242 g/mol. The van der Waals surface area contributed by atoms with Gasteiger partial charge in [-0.05, 0) is 56.4 Å². The minimum Gasteiger partial charge on any atom is -0.316 e. The van der Waals surface area contributed by atoms with Crippen molar-refractivity contribution in [2.75, 3.05) is 7.05 Å². The van der Waals surface area contributed by atoms with Crippen LogP contribution in [-0.2, 0) is 6.54 Å². The van der Waals surface area contributed by atoms with E-state index < -0.39 is 0 Å². The topological polar surface area (TPSA) is 37.8 Å². The van der Waals surface area contributed by atoms with E-state index in [-0.39, 0.29) is 0 Å². The SMILES string of the molecule is CNCc1ccc(Sc2nc(C)cc(C)n2)cc1. The van der Waals surface area contributed by atoms with Crippen LogP contribution >= 0.6 is 11.8 Å². The number of aromatic nitrogens is 2. The summed E-state index contributed by atoms with van der Waals surface area (Å²) in [6.07, 6.45) is 0. The molecule has 1 N–H and O–H groups in total. The molecule has 0 unspecified atom stereocenters. The molecule has 0 aliphatic rings. The molecule has 0 spiro atoms. The third-order valence-corrected chi connectivity index (χ3v) is 3.35. The van der Waals surface area contributed by atoms with E-state index >= 15 is 0 Å². The van der Waals surface area contributed by atoms with Gasteiger partial charge in [-0.2, -0.15) is 0 Å². The van der Waals surface area contributed by atoms with Crippen LogP contribution in [0.3, 0.4) is 0 Å². The molecule has 0 amide bonds. The van der Waals surface area contributed by atoms with Crippen molar-refractivity contribution in [2.24, 2.45) is 0 Å². The van der Waals surface area contributed by atoms with Crippen LogP contribution in [0.4, 0.5) is 0 Å². The van der Waals surface area contributed by atoms with Crippen LogP contribution in [0.2, 0.25) is 0 Å². The highest BCUT2D eigenvalue weighted by Gasteiger charge is 2.02. The second-order valence-electron chi connectivity index (χ2n) is 4.21. The fraction of sp³-hybridized carbons (Fsp3) is 0.286. The molecule has 0 aliphatic heterocycles. The van der Waals surface area contributed by atoms with Gasteiger partial charge in [-0.15, -0.1) is 0 Å². The lowest BCUT2D eigenvalue weighted by atomic mass is 10.2. The molecule has 18 heavy (non-hydrogen) atoms. The van der Waals surface area contributed by atoms with Gasteiger partial charge in [0.1, 0.15) is 0 Å². The first-order chi connectivity index (χ1) is 8.67. The first kappa shape index (κ1) is 13.1. The van der Waals surface area contributed by atoms with Gasteiger partial charge in [-0.1, -0.05) is 12.1 Å². The number of aryl methyl sites for hydroxylation is 2. The zero-order valence-corrected chi connectivity index (χ0v) is 11.7. The van der Waals surface area contributed by atoms with Crippen molar-refractivity contribution < 1.29 is 0 Å². The summed E-state index contributed by atoms with van der Waals surface area (Å²) < 4.78 is 0. The average molecular weight is 259 g/mol. The molecule has 0 saturated carbocycles. The van der Waals surface area contributed by atoms with Crippen LogP contribution in [0.25, 0.3) is 0 Å². The van der Waals surface area contributed by atoms with Gasteiger partial charge in [-0.3, -0.25) is 0 Å². The highest BCUT2D eigenvalue weighted by molar-refractivity contribution is 7.99. The Balaban J connectivity index is 2.13. The third-order valence-electron chi connectivity index (χ3n) is 2.48. The second kappa shape index (κ2) is 5.98. The van der Waals surface area contributed by atoms with Gasteiger partial charge in [0, 0.05) is 22.8 Å². The number of hydrogen-bond acceptors (Lipinski definition) is 4. The van der Waals surface area contributed by atoms with E-state index in [1.54, 1.807) is 11.8 Å². The summed E-state index contributed by atoms with van der Waals surface area (Å²) in [6, 6.07) is 10.5. The van der Waals surface area contributed by atoms with E-state index in [4.69, 9.17) is 0 Å². The maximum atomic E-state index is 4.43. The number of rotatable bonds is 4. The van der Waals surface area contributed by atoms with Crippen LogP contribution in [-0.4, -0.2) is 17.0 Å². The molecule has 4 heteroatoms. The Labute approximate surface area is 112 Å². The quantitative estimate of drug-likeness (QED) is 0.857. The predicted molar refractivity (Wildman–Crippen MR) is 74.8 cm³/mol. The maximum Gasteiger partial charge on any atom is 0.192 e. The number of hydrogen-bond donors (Lipinski definition) is 1. The Kier molecular flexibility index (Phi) is 4.33. The monoisotopic (exact) mass is 259 g/mol. The van der Waals surface area contributed by atoms with Gasteiger partial charge >= 0.3 is 0 Å². The first-order valence-corrected chi connectivity index (χ1v) is 6.72. The molecule has 0 atom stereocenters. The van der Waals surface area contributed by atoms with Crippen molar-refractivity contribution in [1.82, 2.24) is 15.3 Å². The molecule has 2 rings (SSSR count). The molecule has 0 aliphatic carbocycles. The molecule has 2 aromatic rings. The molecule has 1 heterocycles. The van der Waals surface area contributed by atoms with Crippen LogP contribution < -0.4 is 5.32 Å². The minimum absolute atomic E-state index is 0.814. The van der Waals surface area contributed by atoms with Gasteiger partial charge in [0.2, 0.25) is 0 Å². The zero-order valence-electron chi connectivity index (χ0n) is 10.9. The first-order valence-electron chi connectivity index (χ1n) is 5.91. The second-order valence-corrected chi connectivity index (χ2v) is 5.25. The zero-order chi connectivity index (χ0) is 13.0. The number of benzene rings is 1. The van der Waals surface area contributed by atoms with Crippen molar-refractivity contribution in [3.8, 4) is 0 Å². The summed E-state index contributed by atoms with van der Waals surface area (Å²) in [7, 11) is 1.95. The van der Waals surface area contributed by atoms with Crippen LogP contribution in [0.15, 0.2) is 40.4 Å². The lowest BCUT2D eigenvalue weighted by Gasteiger charge is -2.04. The molecule has 3 nitrogen and oxygen atoms in total. The highest BCUT2D eigenvalue weighted by atomic mass is 32.2. The molecule has 0 radical (unpaired) electrons. The minimum atomic E-state index is 0.814. The van der Waals surface area contributed by atoms with E-state index in [9.17, 15) is 0 Å². The third kappa shape index (κ3) is 3.55. The normalized spacial score (nSPS) is 10.6. The molecule has 94 valence electrons. The molecule has 1 aromatic heterocycles. The summed E-state index contributed by atoms with van der Waals surface area (Å²) >= 11 is 1.60. The lowest BCUT2D eigenvalue weighted by Crippen LogP contribution is -2.04. The lowest BCUT2D eigenvalue weighted by molar-refractivity contribution is 0.817. The van der Waals surface area contributed by atoms with E-state index in [0.717, 1.165) is 23.1 Å². The Morgan fingerprint density at radius 3 is 2.22 bits per heavy atom. The van der Waals surface area contributed by atoms with E-state index in [1.165, 1.54) is 10.5 Å².